The van der Waals surface area contributed by atoms with Crippen molar-refractivity contribution in [3.8, 4) is 0 Å². The second-order valence-electron chi connectivity index (χ2n) is 4.16. The molecule has 2 rings (SSSR count). The summed E-state index contributed by atoms with van der Waals surface area (Å²) in [6, 6.07) is 5.28. The summed E-state index contributed by atoms with van der Waals surface area (Å²) in [5.41, 5.74) is -0.0772. The van der Waals surface area contributed by atoms with E-state index in [1.54, 1.807) is 30.0 Å². The van der Waals surface area contributed by atoms with Gasteiger partial charge < -0.3 is 5.11 Å². The van der Waals surface area contributed by atoms with Crippen LogP contribution in [0.3, 0.4) is 0 Å². The Morgan fingerprint density at radius 3 is 2.88 bits per heavy atom. The van der Waals surface area contributed by atoms with Gasteiger partial charge in [-0.15, -0.1) is 0 Å². The van der Waals surface area contributed by atoms with Crippen LogP contribution in [0.4, 0.5) is 0 Å². The Balaban J connectivity index is 2.44. The number of halogens is 2. The highest BCUT2D eigenvalue weighted by atomic mass is 35.5. The minimum Gasteiger partial charge on any atom is -0.384 e. The molecule has 1 aromatic rings. The van der Waals surface area contributed by atoms with Crippen molar-refractivity contribution >= 4 is 35.0 Å². The molecule has 1 aliphatic rings. The SMILES string of the molecule is CC1SCCCC1(O)c1cc(Cl)ccc1Cl. The first-order chi connectivity index (χ1) is 7.54. The molecule has 0 radical (unpaired) electrons. The van der Waals surface area contributed by atoms with Gasteiger partial charge in [-0.25, -0.2) is 0 Å². The zero-order valence-corrected chi connectivity index (χ0v) is 11.4. The predicted molar refractivity (Wildman–Crippen MR) is 71.5 cm³/mol. The van der Waals surface area contributed by atoms with E-state index in [2.05, 4.69) is 0 Å². The van der Waals surface area contributed by atoms with E-state index in [1.807, 2.05) is 6.92 Å². The van der Waals surface area contributed by atoms with E-state index in [0.29, 0.717) is 10.0 Å². The highest BCUT2D eigenvalue weighted by molar-refractivity contribution is 8.00. The molecule has 1 heterocycles. The van der Waals surface area contributed by atoms with Crippen LogP contribution in [0.5, 0.6) is 0 Å². The van der Waals surface area contributed by atoms with Crippen LogP contribution in [-0.4, -0.2) is 16.1 Å². The van der Waals surface area contributed by atoms with E-state index in [0.717, 1.165) is 24.2 Å². The average Bonchev–Trinajstić information content (AvgIpc) is 2.26. The van der Waals surface area contributed by atoms with E-state index >= 15 is 0 Å². The second kappa shape index (κ2) is 4.77. The maximum Gasteiger partial charge on any atom is 0.103 e. The molecule has 4 heteroatoms. The minimum absolute atomic E-state index is 0.150. The maximum atomic E-state index is 10.8. The molecule has 0 spiro atoms. The quantitative estimate of drug-likeness (QED) is 0.834. The van der Waals surface area contributed by atoms with Gasteiger partial charge in [-0.2, -0.15) is 11.8 Å². The van der Waals surface area contributed by atoms with E-state index in [4.69, 9.17) is 23.2 Å². The van der Waals surface area contributed by atoms with Crippen LogP contribution >= 0.6 is 35.0 Å². The zero-order chi connectivity index (χ0) is 11.8. The molecule has 1 aromatic carbocycles. The first-order valence-corrected chi connectivity index (χ1v) is 7.14. The van der Waals surface area contributed by atoms with Gasteiger partial charge in [0.15, 0.2) is 0 Å². The van der Waals surface area contributed by atoms with Crippen LogP contribution < -0.4 is 0 Å². The monoisotopic (exact) mass is 276 g/mol. The van der Waals surface area contributed by atoms with Crippen LogP contribution in [0, 0.1) is 0 Å². The molecule has 0 amide bonds. The number of rotatable bonds is 1. The Hall–Kier alpha value is 0.110. The maximum absolute atomic E-state index is 10.8. The van der Waals surface area contributed by atoms with Crippen molar-refractivity contribution in [1.82, 2.24) is 0 Å². The number of benzene rings is 1. The lowest BCUT2D eigenvalue weighted by atomic mass is 9.86. The lowest BCUT2D eigenvalue weighted by molar-refractivity contribution is 0.0255. The van der Waals surface area contributed by atoms with Crippen molar-refractivity contribution in [3.05, 3.63) is 33.8 Å². The molecule has 0 aliphatic carbocycles. The largest absolute Gasteiger partial charge is 0.384 e. The van der Waals surface area contributed by atoms with Crippen molar-refractivity contribution in [2.75, 3.05) is 5.75 Å². The van der Waals surface area contributed by atoms with Gasteiger partial charge in [0, 0.05) is 20.9 Å². The van der Waals surface area contributed by atoms with Crippen molar-refractivity contribution in [3.63, 3.8) is 0 Å². The van der Waals surface area contributed by atoms with Crippen molar-refractivity contribution in [2.24, 2.45) is 0 Å². The van der Waals surface area contributed by atoms with E-state index in [1.165, 1.54) is 0 Å². The van der Waals surface area contributed by atoms with Gasteiger partial charge in [0.2, 0.25) is 0 Å². The van der Waals surface area contributed by atoms with Crippen molar-refractivity contribution in [2.45, 2.75) is 30.6 Å². The van der Waals surface area contributed by atoms with Crippen LogP contribution in [0.15, 0.2) is 18.2 Å². The fourth-order valence-corrected chi connectivity index (χ4v) is 3.76. The topological polar surface area (TPSA) is 20.2 Å². The fourth-order valence-electron chi connectivity index (χ4n) is 2.13. The summed E-state index contributed by atoms with van der Waals surface area (Å²) in [5.74, 6) is 1.10. The highest BCUT2D eigenvalue weighted by Crippen LogP contribution is 2.44. The molecular weight excluding hydrogens is 263 g/mol. The minimum atomic E-state index is -0.842. The molecule has 1 fully saturated rings. The summed E-state index contributed by atoms with van der Waals surface area (Å²) in [6.45, 7) is 2.04. The normalized spacial score (nSPS) is 30.4. The van der Waals surface area contributed by atoms with Gasteiger partial charge >= 0.3 is 0 Å². The van der Waals surface area contributed by atoms with Crippen molar-refractivity contribution < 1.29 is 5.11 Å². The van der Waals surface area contributed by atoms with E-state index in [-0.39, 0.29) is 5.25 Å². The molecule has 1 nitrogen and oxygen atoms in total. The number of thioether (sulfide) groups is 1. The number of hydrogen-bond acceptors (Lipinski definition) is 2. The van der Waals surface area contributed by atoms with E-state index in [9.17, 15) is 5.11 Å². The highest BCUT2D eigenvalue weighted by Gasteiger charge is 2.39. The Labute approximate surface area is 110 Å². The molecule has 16 heavy (non-hydrogen) atoms. The number of hydrogen-bond donors (Lipinski definition) is 1. The lowest BCUT2D eigenvalue weighted by Crippen LogP contribution is -2.39. The molecule has 0 saturated carbocycles. The average molecular weight is 277 g/mol. The van der Waals surface area contributed by atoms with Gasteiger partial charge in [0.05, 0.1) is 0 Å². The zero-order valence-electron chi connectivity index (χ0n) is 9.04. The molecule has 0 bridgehead atoms. The van der Waals surface area contributed by atoms with Gasteiger partial charge in [0.1, 0.15) is 5.60 Å². The summed E-state index contributed by atoms with van der Waals surface area (Å²) in [7, 11) is 0. The molecule has 1 aliphatic heterocycles. The Kier molecular flexibility index (Phi) is 3.75. The Morgan fingerprint density at radius 2 is 2.19 bits per heavy atom. The summed E-state index contributed by atoms with van der Waals surface area (Å²) in [4.78, 5) is 0. The van der Waals surface area contributed by atoms with Crippen molar-refractivity contribution in [1.29, 1.82) is 0 Å². The summed E-state index contributed by atoms with van der Waals surface area (Å²) in [6.07, 6.45) is 1.76. The molecule has 2 unspecified atom stereocenters. The van der Waals surface area contributed by atoms with Gasteiger partial charge in [-0.1, -0.05) is 30.1 Å². The predicted octanol–water partition coefficient (Wildman–Crippen LogP) is 4.10. The third-order valence-electron chi connectivity index (χ3n) is 3.14. The summed E-state index contributed by atoms with van der Waals surface area (Å²) in [5, 5.41) is 12.1. The smallest absolute Gasteiger partial charge is 0.103 e. The van der Waals surface area contributed by atoms with Gasteiger partial charge in [-0.05, 0) is 36.8 Å². The van der Waals surface area contributed by atoms with Crippen LogP contribution in [0.1, 0.15) is 25.3 Å². The molecular formula is C12H14Cl2OS. The lowest BCUT2D eigenvalue weighted by Gasteiger charge is -2.38. The molecule has 1 saturated heterocycles. The van der Waals surface area contributed by atoms with Crippen LogP contribution in [0.25, 0.3) is 0 Å². The van der Waals surface area contributed by atoms with Crippen LogP contribution in [0.2, 0.25) is 10.0 Å². The standard InChI is InChI=1S/C12H14Cl2OS/c1-8-12(15,5-2-6-16-8)10-7-9(13)3-4-11(10)14/h3-4,7-8,15H,2,5-6H2,1H3. The second-order valence-corrected chi connectivity index (χ2v) is 6.46. The molecule has 2 atom stereocenters. The van der Waals surface area contributed by atoms with Crippen LogP contribution in [-0.2, 0) is 5.60 Å². The third-order valence-corrected chi connectivity index (χ3v) is 5.12. The molecule has 88 valence electrons. The fraction of sp³-hybridized carbons (Fsp3) is 0.500. The molecule has 0 aromatic heterocycles. The summed E-state index contributed by atoms with van der Waals surface area (Å²) >= 11 is 13.9. The van der Waals surface area contributed by atoms with Gasteiger partial charge in [0.25, 0.3) is 0 Å². The Bertz CT molecular complexity index is 397. The van der Waals surface area contributed by atoms with E-state index < -0.39 is 5.60 Å². The first-order valence-electron chi connectivity index (χ1n) is 5.33. The first kappa shape index (κ1) is 12.6. The molecule has 1 N–H and O–H groups in total. The third kappa shape index (κ3) is 2.21. The van der Waals surface area contributed by atoms with Gasteiger partial charge in [-0.3, -0.25) is 0 Å². The Morgan fingerprint density at radius 1 is 1.44 bits per heavy atom. The summed E-state index contributed by atoms with van der Waals surface area (Å²) < 4.78 is 0. The number of aliphatic hydroxyl groups is 1.